The van der Waals surface area contributed by atoms with E-state index >= 15 is 0 Å². The Morgan fingerprint density at radius 3 is 1.47 bits per heavy atom. The van der Waals surface area contributed by atoms with E-state index in [0.29, 0.717) is 85.5 Å². The molecule has 1 spiro atoms. The lowest BCUT2D eigenvalue weighted by molar-refractivity contribution is -0.0452. The molecule has 0 N–H and O–H groups in total. The normalized spacial score (nSPS) is 32.6. The second kappa shape index (κ2) is 12.4. The van der Waals surface area contributed by atoms with Gasteiger partial charge in [0.1, 0.15) is 11.5 Å². The molecule has 5 aromatic rings. The van der Waals surface area contributed by atoms with Crippen molar-refractivity contribution in [3.05, 3.63) is 136 Å². The molecule has 4 bridgehead atoms. The van der Waals surface area contributed by atoms with E-state index in [9.17, 15) is 19.2 Å². The van der Waals surface area contributed by atoms with Gasteiger partial charge in [0.15, 0.2) is 0 Å². The number of nitrogens with zero attached hydrogens (tertiary/aromatic N) is 1. The lowest BCUT2D eigenvalue weighted by Crippen LogP contribution is -2.56. The van der Waals surface area contributed by atoms with Crippen LogP contribution in [0, 0.1) is 23.7 Å². The summed E-state index contributed by atoms with van der Waals surface area (Å²) in [5, 5.41) is 0. The van der Waals surface area contributed by atoms with Gasteiger partial charge in [0, 0.05) is 33.6 Å². The Labute approximate surface area is 372 Å². The van der Waals surface area contributed by atoms with Crippen molar-refractivity contribution in [1.82, 2.24) is 0 Å². The summed E-state index contributed by atoms with van der Waals surface area (Å²) in [7, 11) is 0. The lowest BCUT2D eigenvalue weighted by Gasteiger charge is -2.63. The highest BCUT2D eigenvalue weighted by atomic mass is 16.5. The minimum Gasteiger partial charge on any atom is -0.457 e. The largest absolute Gasteiger partial charge is 0.457 e. The molecule has 12 rings (SSSR count). The van der Waals surface area contributed by atoms with Crippen molar-refractivity contribution in [2.24, 2.45) is 23.7 Å². The molecule has 0 amide bonds. The van der Waals surface area contributed by atoms with E-state index in [4.69, 9.17) is 8.85 Å². The molecule has 7 aliphatic rings. The van der Waals surface area contributed by atoms with Gasteiger partial charge in [0.05, 0.1) is 23.3 Å². The van der Waals surface area contributed by atoms with Crippen LogP contribution >= 0.6 is 0 Å². The smallest absolute Gasteiger partial charge is 0.131 e. The van der Waals surface area contributed by atoms with Gasteiger partial charge in [-0.3, -0.25) is 0 Å². The number of rotatable bonds is 4. The lowest BCUT2D eigenvalue weighted by atomic mass is 9.41. The fourth-order valence-corrected chi connectivity index (χ4v) is 12.2. The van der Waals surface area contributed by atoms with Gasteiger partial charge in [-0.05, 0) is 191 Å². The number of ether oxygens (including phenoxy) is 1. The summed E-state index contributed by atoms with van der Waals surface area (Å²) < 4.78 is 171. The maximum atomic E-state index is 10.3. The van der Waals surface area contributed by atoms with Crippen molar-refractivity contribution in [3.63, 3.8) is 0 Å². The van der Waals surface area contributed by atoms with E-state index in [1.165, 1.54) is 0 Å². The van der Waals surface area contributed by atoms with E-state index in [1.807, 2.05) is 55.4 Å². The number of anilines is 3. The van der Waals surface area contributed by atoms with Gasteiger partial charge < -0.3 is 9.64 Å². The van der Waals surface area contributed by atoms with Gasteiger partial charge in [-0.25, -0.2) is 0 Å². The molecule has 1 aliphatic heterocycles. The first kappa shape index (κ1) is 22.9. The Balaban J connectivity index is 1.24. The van der Waals surface area contributed by atoms with Crippen molar-refractivity contribution < 1.29 is 28.0 Å². The summed E-state index contributed by atoms with van der Waals surface area (Å²) in [4.78, 5) is 1.07. The number of para-hydroxylation sites is 1. The summed E-state index contributed by atoms with van der Waals surface area (Å²) >= 11 is 0. The molecular formula is C56H63NO. The molecule has 0 atom stereocenters. The average Bonchev–Trinajstić information content (AvgIpc) is 3.42. The standard InChI is InChI=1S/C56H63NO/c1-52(2)23-25-54(5,6)47-33-42(18-20-44(47)52)57(43-19-21-45-48(34-43)55(7,8)26-24-53(45,3)4)41-16-13-37(14-17-41)38-15-22-51-49(32-38)56(46-11-9-10-12-50(46)58-51)39-28-35-27-36(30-39)31-40(56)29-35/h9-22,32-36,39-40H,23-31H2,1-8H3/i9D,10D,11D,12D,13D,14D,15D,16D,17D,18D,19D,20D,21D,22D,32D,33D,34D. The predicted octanol–water partition coefficient (Wildman–Crippen LogP) is 15.4. The van der Waals surface area contributed by atoms with Crippen LogP contribution in [0.15, 0.2) is 103 Å². The monoisotopic (exact) mass is 783 g/mol. The minimum absolute atomic E-state index is 0.132. The molecule has 4 fully saturated rings. The maximum absolute atomic E-state index is 10.3. The summed E-state index contributed by atoms with van der Waals surface area (Å²) in [5.41, 5.74) is -4.01. The molecule has 2 heteroatoms. The number of hydrogen-bond donors (Lipinski definition) is 0. The number of benzene rings is 5. The number of fused-ring (bicyclic) bond motifs is 4. The van der Waals surface area contributed by atoms with E-state index in [-0.39, 0.29) is 76.0 Å². The Morgan fingerprint density at radius 2 is 0.914 bits per heavy atom. The number of hydrogen-bond acceptors (Lipinski definition) is 2. The Hall–Kier alpha value is -4.30. The molecule has 0 radical (unpaired) electrons. The Morgan fingerprint density at radius 1 is 0.448 bits per heavy atom. The third-order valence-corrected chi connectivity index (χ3v) is 15.5. The van der Waals surface area contributed by atoms with Gasteiger partial charge in [0.2, 0.25) is 0 Å². The first-order valence-corrected chi connectivity index (χ1v) is 21.4. The van der Waals surface area contributed by atoms with E-state index < -0.39 is 116 Å². The van der Waals surface area contributed by atoms with Crippen molar-refractivity contribution >= 4 is 17.1 Å². The van der Waals surface area contributed by atoms with Gasteiger partial charge in [-0.1, -0.05) is 104 Å². The van der Waals surface area contributed by atoms with Crippen molar-refractivity contribution in [3.8, 4) is 22.6 Å². The fourth-order valence-electron chi connectivity index (χ4n) is 12.2. The minimum atomic E-state index is -1.29. The van der Waals surface area contributed by atoms with Crippen molar-refractivity contribution in [1.29, 1.82) is 0 Å². The molecule has 0 saturated heterocycles. The first-order valence-electron chi connectivity index (χ1n) is 29.9. The van der Waals surface area contributed by atoms with Crippen LogP contribution in [0.5, 0.6) is 11.5 Å². The van der Waals surface area contributed by atoms with Gasteiger partial charge >= 0.3 is 0 Å². The second-order valence-corrected chi connectivity index (χ2v) is 21.0. The third kappa shape index (κ3) is 5.34. The van der Waals surface area contributed by atoms with Crippen LogP contribution in [0.25, 0.3) is 11.1 Å². The highest BCUT2D eigenvalue weighted by Gasteiger charge is 2.61. The molecule has 58 heavy (non-hydrogen) atoms. The predicted molar refractivity (Wildman–Crippen MR) is 241 cm³/mol. The second-order valence-electron chi connectivity index (χ2n) is 21.0. The van der Waals surface area contributed by atoms with Crippen LogP contribution in [0.1, 0.15) is 170 Å². The zero-order valence-corrected chi connectivity index (χ0v) is 35.0. The summed E-state index contributed by atoms with van der Waals surface area (Å²) in [5.74, 6) is -0.161. The summed E-state index contributed by atoms with van der Waals surface area (Å²) in [6.45, 7) is 15.6. The zero-order valence-electron chi connectivity index (χ0n) is 52.0. The average molecular weight is 783 g/mol. The SMILES string of the molecule is [2H]c1c([2H])c([2H])c2c(c1[2H])Oc1c([2H])c([2H])c(-c3c([2H])c([2H])c(N(c4c([2H])c([2H])c5c(c4[2H])C(C)(C)CCC5(C)C)c4c([2H])c([2H])c5c(c4[2H])C(C)(C)CCC5(C)C)c([2H])c3[2H])c([2H])c1C21C2CC3CC(C2)CC1C3. The molecule has 5 aromatic carbocycles. The van der Waals surface area contributed by atoms with Gasteiger partial charge in [-0.15, -0.1) is 0 Å². The highest BCUT2D eigenvalue weighted by Crippen LogP contribution is 2.69. The topological polar surface area (TPSA) is 12.5 Å². The van der Waals surface area contributed by atoms with Crippen LogP contribution < -0.4 is 9.64 Å². The van der Waals surface area contributed by atoms with Crippen molar-refractivity contribution in [2.75, 3.05) is 4.90 Å². The quantitative estimate of drug-likeness (QED) is 0.180. The molecule has 0 unspecified atom stereocenters. The van der Waals surface area contributed by atoms with E-state index in [2.05, 4.69) is 0 Å². The highest BCUT2D eigenvalue weighted by molar-refractivity contribution is 5.80. The van der Waals surface area contributed by atoms with Gasteiger partial charge in [0.25, 0.3) is 0 Å². The molecule has 2 nitrogen and oxygen atoms in total. The van der Waals surface area contributed by atoms with Crippen LogP contribution in [-0.4, -0.2) is 0 Å². The molecule has 298 valence electrons. The Bertz CT molecular complexity index is 3280. The van der Waals surface area contributed by atoms with Crippen LogP contribution in [0.3, 0.4) is 0 Å². The molecule has 1 heterocycles. The molecule has 0 aromatic heterocycles. The Kier molecular flexibility index (Phi) is 4.89. The summed E-state index contributed by atoms with van der Waals surface area (Å²) in [6.07, 6.45) is 6.28. The molecule has 4 saturated carbocycles. The maximum Gasteiger partial charge on any atom is 0.131 e. The zero-order chi connectivity index (χ0) is 54.8. The van der Waals surface area contributed by atoms with Crippen LogP contribution in [-0.2, 0) is 27.1 Å². The summed E-state index contributed by atoms with van der Waals surface area (Å²) in [6, 6.07) is -8.39. The van der Waals surface area contributed by atoms with E-state index in [1.54, 1.807) is 0 Å². The fraction of sp³-hybridized carbons (Fsp3) is 0.464. The van der Waals surface area contributed by atoms with Crippen LogP contribution in [0.4, 0.5) is 17.1 Å². The first-order chi connectivity index (χ1) is 34.8. The van der Waals surface area contributed by atoms with E-state index in [0.717, 1.165) is 11.3 Å². The van der Waals surface area contributed by atoms with Crippen molar-refractivity contribution in [2.45, 2.75) is 140 Å². The van der Waals surface area contributed by atoms with Crippen LogP contribution in [0.2, 0.25) is 0 Å². The third-order valence-electron chi connectivity index (χ3n) is 15.5. The van der Waals surface area contributed by atoms with Gasteiger partial charge in [-0.2, -0.15) is 0 Å². The molecular weight excluding hydrogens is 703 g/mol. The molecule has 6 aliphatic carbocycles.